The number of hydrogen-bond donors (Lipinski definition) is 1. The molecule has 2 aromatic rings. The van der Waals surface area contributed by atoms with Crippen LogP contribution in [-0.2, 0) is 4.79 Å². The van der Waals surface area contributed by atoms with Gasteiger partial charge in [-0.1, -0.05) is 12.1 Å². The van der Waals surface area contributed by atoms with Crippen LogP contribution in [0, 0.1) is 5.82 Å². The monoisotopic (exact) mass is 272 g/mol. The van der Waals surface area contributed by atoms with Crippen molar-refractivity contribution >= 4 is 17.7 Å². The van der Waals surface area contributed by atoms with Crippen LogP contribution in [-0.4, -0.2) is 18.0 Å². The molecule has 0 fully saturated rings. The summed E-state index contributed by atoms with van der Waals surface area (Å²) in [7, 11) is 1.52. The number of nitrogens with zero attached hydrogens (tertiary/aromatic N) is 1. The molecule has 0 saturated carbocycles. The van der Waals surface area contributed by atoms with E-state index in [1.165, 1.54) is 37.6 Å². The molecule has 0 aliphatic rings. The molecule has 0 saturated heterocycles. The number of pyridine rings is 1. The number of carbonyl (C=O) groups is 1. The number of halogens is 1. The van der Waals surface area contributed by atoms with Gasteiger partial charge in [-0.05, 0) is 29.8 Å². The van der Waals surface area contributed by atoms with Crippen LogP contribution >= 0.6 is 0 Å². The summed E-state index contributed by atoms with van der Waals surface area (Å²) in [6.07, 6.45) is 4.36. The third kappa shape index (κ3) is 3.91. The Bertz CT molecular complexity index is 624. The van der Waals surface area contributed by atoms with Crippen molar-refractivity contribution in [2.45, 2.75) is 0 Å². The van der Waals surface area contributed by atoms with E-state index in [4.69, 9.17) is 4.74 Å². The fourth-order valence-electron chi connectivity index (χ4n) is 1.54. The molecule has 5 heteroatoms. The number of methoxy groups -OCH3 is 1. The standard InChI is InChI=1S/C15H13FN2O2/c1-20-15-8-6-13(10-17-15)18-14(19)7-5-11-3-2-4-12(16)9-11/h2-10H,1H3,(H,18,19). The molecular formula is C15H13FN2O2. The molecule has 0 atom stereocenters. The lowest BCUT2D eigenvalue weighted by atomic mass is 10.2. The van der Waals surface area contributed by atoms with Crippen molar-refractivity contribution in [3.05, 3.63) is 60.1 Å². The van der Waals surface area contributed by atoms with Gasteiger partial charge in [0.15, 0.2) is 0 Å². The van der Waals surface area contributed by atoms with Gasteiger partial charge >= 0.3 is 0 Å². The Balaban J connectivity index is 1.98. The van der Waals surface area contributed by atoms with Crippen molar-refractivity contribution in [1.29, 1.82) is 0 Å². The van der Waals surface area contributed by atoms with Crippen LogP contribution in [0.1, 0.15) is 5.56 Å². The van der Waals surface area contributed by atoms with E-state index < -0.39 is 0 Å². The highest BCUT2D eigenvalue weighted by Gasteiger charge is 1.99. The fourth-order valence-corrected chi connectivity index (χ4v) is 1.54. The van der Waals surface area contributed by atoms with Crippen LogP contribution in [0.5, 0.6) is 5.88 Å². The molecule has 1 aromatic carbocycles. The molecule has 1 heterocycles. The van der Waals surface area contributed by atoms with E-state index in [1.807, 2.05) is 0 Å². The maximum absolute atomic E-state index is 13.0. The number of hydrogen-bond acceptors (Lipinski definition) is 3. The number of rotatable bonds is 4. The van der Waals surface area contributed by atoms with Crippen molar-refractivity contribution < 1.29 is 13.9 Å². The summed E-state index contributed by atoms with van der Waals surface area (Å²) in [5, 5.41) is 2.64. The summed E-state index contributed by atoms with van der Waals surface area (Å²) in [6, 6.07) is 9.31. The Morgan fingerprint density at radius 3 is 2.85 bits per heavy atom. The molecular weight excluding hydrogens is 259 g/mol. The van der Waals surface area contributed by atoms with Gasteiger partial charge in [-0.3, -0.25) is 4.79 Å². The molecule has 0 bridgehead atoms. The fraction of sp³-hybridized carbons (Fsp3) is 0.0667. The molecule has 0 spiro atoms. The normalized spacial score (nSPS) is 10.5. The minimum atomic E-state index is -0.341. The molecule has 0 aliphatic carbocycles. The number of benzene rings is 1. The minimum absolute atomic E-state index is 0.318. The number of amides is 1. The maximum atomic E-state index is 13.0. The first-order chi connectivity index (χ1) is 9.67. The topological polar surface area (TPSA) is 51.2 Å². The molecule has 0 unspecified atom stereocenters. The van der Waals surface area contributed by atoms with E-state index in [0.717, 1.165) is 0 Å². The van der Waals surface area contributed by atoms with Crippen LogP contribution in [0.4, 0.5) is 10.1 Å². The van der Waals surface area contributed by atoms with Gasteiger partial charge in [0.2, 0.25) is 11.8 Å². The first kappa shape index (κ1) is 13.7. The smallest absolute Gasteiger partial charge is 0.248 e. The third-order valence-electron chi connectivity index (χ3n) is 2.49. The zero-order valence-corrected chi connectivity index (χ0v) is 10.8. The van der Waals surface area contributed by atoms with Crippen molar-refractivity contribution in [2.24, 2.45) is 0 Å². The van der Waals surface area contributed by atoms with Crippen LogP contribution in [0.2, 0.25) is 0 Å². The zero-order chi connectivity index (χ0) is 14.4. The van der Waals surface area contributed by atoms with Crippen LogP contribution in [0.25, 0.3) is 6.08 Å². The Labute approximate surface area is 115 Å². The lowest BCUT2D eigenvalue weighted by Crippen LogP contribution is -2.07. The molecule has 2 rings (SSSR count). The van der Waals surface area contributed by atoms with Gasteiger partial charge in [0, 0.05) is 12.1 Å². The second-order valence-corrected chi connectivity index (χ2v) is 3.97. The Morgan fingerprint density at radius 1 is 1.35 bits per heavy atom. The van der Waals surface area contributed by atoms with Gasteiger partial charge in [0.25, 0.3) is 0 Å². The minimum Gasteiger partial charge on any atom is -0.481 e. The summed E-state index contributed by atoms with van der Waals surface area (Å²) < 4.78 is 17.9. The van der Waals surface area contributed by atoms with Gasteiger partial charge < -0.3 is 10.1 Å². The van der Waals surface area contributed by atoms with Gasteiger partial charge in [0.05, 0.1) is 19.0 Å². The Hall–Kier alpha value is -2.69. The molecule has 1 aromatic heterocycles. The van der Waals surface area contributed by atoms with E-state index in [-0.39, 0.29) is 11.7 Å². The van der Waals surface area contributed by atoms with Crippen molar-refractivity contribution in [3.63, 3.8) is 0 Å². The van der Waals surface area contributed by atoms with Gasteiger partial charge in [-0.15, -0.1) is 0 Å². The van der Waals surface area contributed by atoms with Crippen molar-refractivity contribution in [3.8, 4) is 5.88 Å². The predicted molar refractivity (Wildman–Crippen MR) is 74.9 cm³/mol. The first-order valence-corrected chi connectivity index (χ1v) is 5.92. The van der Waals surface area contributed by atoms with E-state index in [2.05, 4.69) is 10.3 Å². The number of nitrogens with one attached hydrogen (secondary N) is 1. The Kier molecular flexibility index (Phi) is 4.44. The van der Waals surface area contributed by atoms with Crippen molar-refractivity contribution in [2.75, 3.05) is 12.4 Å². The number of carbonyl (C=O) groups excluding carboxylic acids is 1. The zero-order valence-electron chi connectivity index (χ0n) is 10.8. The molecule has 1 N–H and O–H groups in total. The van der Waals surface area contributed by atoms with E-state index in [9.17, 15) is 9.18 Å². The Morgan fingerprint density at radius 2 is 2.20 bits per heavy atom. The SMILES string of the molecule is COc1ccc(NC(=O)C=Cc2cccc(F)c2)cn1. The second-order valence-electron chi connectivity index (χ2n) is 3.97. The molecule has 102 valence electrons. The third-order valence-corrected chi connectivity index (χ3v) is 2.49. The summed E-state index contributed by atoms with van der Waals surface area (Å²) in [5.41, 5.74) is 1.17. The van der Waals surface area contributed by atoms with E-state index >= 15 is 0 Å². The predicted octanol–water partition coefficient (Wildman–Crippen LogP) is 2.88. The van der Waals surface area contributed by atoms with E-state index in [1.54, 1.807) is 24.3 Å². The van der Waals surface area contributed by atoms with Crippen molar-refractivity contribution in [1.82, 2.24) is 4.98 Å². The molecule has 0 aliphatic heterocycles. The number of ether oxygens (including phenoxy) is 1. The van der Waals surface area contributed by atoms with Crippen LogP contribution in [0.15, 0.2) is 48.7 Å². The van der Waals surface area contributed by atoms with E-state index in [0.29, 0.717) is 17.1 Å². The summed E-state index contributed by atoms with van der Waals surface area (Å²) in [6.45, 7) is 0. The quantitative estimate of drug-likeness (QED) is 0.871. The van der Waals surface area contributed by atoms with Gasteiger partial charge in [0.1, 0.15) is 5.82 Å². The average molecular weight is 272 g/mol. The summed E-state index contributed by atoms with van der Waals surface area (Å²) in [5.74, 6) is -0.188. The number of anilines is 1. The highest BCUT2D eigenvalue weighted by molar-refractivity contribution is 6.01. The molecule has 4 nitrogen and oxygen atoms in total. The largest absolute Gasteiger partial charge is 0.481 e. The summed E-state index contributed by atoms with van der Waals surface area (Å²) in [4.78, 5) is 15.6. The maximum Gasteiger partial charge on any atom is 0.248 e. The lowest BCUT2D eigenvalue weighted by Gasteiger charge is -2.02. The first-order valence-electron chi connectivity index (χ1n) is 5.92. The molecule has 0 radical (unpaired) electrons. The van der Waals surface area contributed by atoms with Crippen LogP contribution < -0.4 is 10.1 Å². The van der Waals surface area contributed by atoms with Crippen LogP contribution in [0.3, 0.4) is 0 Å². The molecule has 1 amide bonds. The second kappa shape index (κ2) is 6.47. The highest BCUT2D eigenvalue weighted by atomic mass is 19.1. The lowest BCUT2D eigenvalue weighted by molar-refractivity contribution is -0.111. The van der Waals surface area contributed by atoms with Gasteiger partial charge in [-0.25, -0.2) is 9.37 Å². The average Bonchev–Trinajstić information content (AvgIpc) is 2.46. The van der Waals surface area contributed by atoms with Gasteiger partial charge in [-0.2, -0.15) is 0 Å². The number of aromatic nitrogens is 1. The molecule has 20 heavy (non-hydrogen) atoms. The highest BCUT2D eigenvalue weighted by Crippen LogP contribution is 2.11. The summed E-state index contributed by atoms with van der Waals surface area (Å²) >= 11 is 0.